The van der Waals surface area contributed by atoms with Crippen LogP contribution in [0.15, 0.2) is 95.3 Å². The molecule has 2 aliphatic rings. The van der Waals surface area contributed by atoms with Gasteiger partial charge in [0.15, 0.2) is 11.6 Å². The van der Waals surface area contributed by atoms with Gasteiger partial charge >= 0.3 is 0 Å². The van der Waals surface area contributed by atoms with Gasteiger partial charge in [-0.25, -0.2) is 9.98 Å². The summed E-state index contributed by atoms with van der Waals surface area (Å²) in [5.74, 6) is 1.06. The van der Waals surface area contributed by atoms with Crippen LogP contribution in [0.3, 0.4) is 0 Å². The Hall–Kier alpha value is -4.27. The molecule has 0 saturated carbocycles. The van der Waals surface area contributed by atoms with Crippen molar-refractivity contribution in [1.29, 1.82) is 0 Å². The molecule has 4 aromatic rings. The van der Waals surface area contributed by atoms with E-state index in [1.54, 1.807) is 11.3 Å². The third-order valence-electron chi connectivity index (χ3n) is 7.55. The molecule has 3 aromatic carbocycles. The number of aliphatic imine (C=N–C) groups is 1. The van der Waals surface area contributed by atoms with E-state index >= 15 is 0 Å². The van der Waals surface area contributed by atoms with Crippen LogP contribution in [0.1, 0.15) is 51.9 Å². The summed E-state index contributed by atoms with van der Waals surface area (Å²) >= 11 is 1.58. The number of aliphatic hydroxyl groups is 1. The molecule has 7 nitrogen and oxygen atoms in total. The third-order valence-corrected chi connectivity index (χ3v) is 8.37. The average molecular weight is 580 g/mol. The van der Waals surface area contributed by atoms with E-state index in [4.69, 9.17) is 19.6 Å². The monoisotopic (exact) mass is 579 g/mol. The van der Waals surface area contributed by atoms with Gasteiger partial charge in [0.25, 0.3) is 5.91 Å². The summed E-state index contributed by atoms with van der Waals surface area (Å²) in [6.07, 6.45) is 4.43. The molecule has 8 heteroatoms. The van der Waals surface area contributed by atoms with Crippen molar-refractivity contribution < 1.29 is 19.4 Å². The SMILES string of the molecule is Cc1nc(CN2Cc3ccccc3[C@@H]3OC(c4ccc(OCCCO)cc4)=N[C@]3(C/C=C/c3ccccc3)C2=O)cs1. The highest BCUT2D eigenvalue weighted by Gasteiger charge is 2.56. The Kier molecular flexibility index (Phi) is 8.17. The number of nitrogens with zero attached hydrogens (tertiary/aromatic N) is 3. The fourth-order valence-corrected chi connectivity index (χ4v) is 6.11. The molecule has 1 N–H and O–H groups in total. The third kappa shape index (κ3) is 5.73. The number of carbonyl (C=O) groups excluding carboxylic acids is 1. The highest BCUT2D eigenvalue weighted by atomic mass is 32.1. The summed E-state index contributed by atoms with van der Waals surface area (Å²) in [5.41, 5.74) is 3.53. The minimum atomic E-state index is -1.19. The van der Waals surface area contributed by atoms with Crippen molar-refractivity contribution in [3.05, 3.63) is 123 Å². The van der Waals surface area contributed by atoms with Crippen LogP contribution in [-0.4, -0.2) is 45.5 Å². The van der Waals surface area contributed by atoms with Crippen LogP contribution >= 0.6 is 11.3 Å². The number of hydrogen-bond donors (Lipinski definition) is 1. The largest absolute Gasteiger partial charge is 0.494 e. The summed E-state index contributed by atoms with van der Waals surface area (Å²) in [6.45, 7) is 3.36. The van der Waals surface area contributed by atoms with E-state index < -0.39 is 11.6 Å². The summed E-state index contributed by atoms with van der Waals surface area (Å²) < 4.78 is 12.4. The molecule has 3 heterocycles. The first-order valence-corrected chi connectivity index (χ1v) is 15.0. The van der Waals surface area contributed by atoms with E-state index in [0.29, 0.717) is 44.2 Å². The molecule has 0 fully saturated rings. The molecule has 0 unspecified atom stereocenters. The van der Waals surface area contributed by atoms with Crippen molar-refractivity contribution in [1.82, 2.24) is 9.88 Å². The normalized spacial score (nSPS) is 19.7. The summed E-state index contributed by atoms with van der Waals surface area (Å²) in [7, 11) is 0. The van der Waals surface area contributed by atoms with Gasteiger partial charge in [0.1, 0.15) is 5.75 Å². The van der Waals surface area contributed by atoms with Crippen LogP contribution in [0, 0.1) is 6.92 Å². The molecule has 1 aromatic heterocycles. The highest BCUT2D eigenvalue weighted by molar-refractivity contribution is 7.09. The van der Waals surface area contributed by atoms with E-state index in [1.807, 2.05) is 96.1 Å². The van der Waals surface area contributed by atoms with Gasteiger partial charge in [0, 0.05) is 42.5 Å². The molecule has 0 aliphatic carbocycles. The highest BCUT2D eigenvalue weighted by Crippen LogP contribution is 2.47. The Labute approximate surface area is 249 Å². The second kappa shape index (κ2) is 12.3. The Morgan fingerprint density at radius 1 is 1.10 bits per heavy atom. The van der Waals surface area contributed by atoms with Crippen LogP contribution in [0.4, 0.5) is 0 Å². The molecule has 1 amide bonds. The van der Waals surface area contributed by atoms with Gasteiger partial charge in [-0.2, -0.15) is 0 Å². The molecule has 2 atom stereocenters. The maximum absolute atomic E-state index is 14.7. The van der Waals surface area contributed by atoms with Gasteiger partial charge in [-0.15, -0.1) is 11.3 Å². The quantitative estimate of drug-likeness (QED) is 0.229. The minimum absolute atomic E-state index is 0.0778. The van der Waals surface area contributed by atoms with E-state index in [0.717, 1.165) is 33.0 Å². The van der Waals surface area contributed by atoms with Crippen molar-refractivity contribution >= 4 is 29.2 Å². The first kappa shape index (κ1) is 27.9. The molecular formula is C34H33N3O4S. The second-order valence-electron chi connectivity index (χ2n) is 10.5. The molecule has 2 aliphatic heterocycles. The van der Waals surface area contributed by atoms with Gasteiger partial charge in [-0.3, -0.25) is 4.79 Å². The number of fused-ring (bicyclic) bond motifs is 3. The Morgan fingerprint density at radius 2 is 1.88 bits per heavy atom. The zero-order valence-electron chi connectivity index (χ0n) is 23.5. The van der Waals surface area contributed by atoms with E-state index in [-0.39, 0.29) is 12.5 Å². The van der Waals surface area contributed by atoms with Crippen molar-refractivity contribution in [3.8, 4) is 5.75 Å². The van der Waals surface area contributed by atoms with Gasteiger partial charge in [0.05, 0.1) is 23.9 Å². The standard InChI is InChI=1S/C34H33N3O4S/c1-24-35-28(23-42-24)22-37-21-27-12-5-6-13-30(27)31-34(33(37)39,18-7-11-25-9-3-2-4-10-25)36-32(41-31)26-14-16-29(17-15-26)40-20-8-19-38/h2-7,9-17,23,31,38H,8,18-22H2,1H3/b11-7+/t31-,34-/m0/s1. The Morgan fingerprint density at radius 3 is 2.64 bits per heavy atom. The topological polar surface area (TPSA) is 84.2 Å². The van der Waals surface area contributed by atoms with Gasteiger partial charge < -0.3 is 19.5 Å². The number of thiazole rings is 1. The number of carbonyl (C=O) groups is 1. The molecule has 0 bridgehead atoms. The Balaban J connectivity index is 1.41. The van der Waals surface area contributed by atoms with Crippen LogP contribution in [-0.2, 0) is 22.6 Å². The average Bonchev–Trinajstić information content (AvgIpc) is 3.59. The number of aromatic nitrogens is 1. The molecular weight excluding hydrogens is 546 g/mol. The van der Waals surface area contributed by atoms with E-state index in [1.165, 1.54) is 0 Å². The van der Waals surface area contributed by atoms with Crippen molar-refractivity contribution in [2.45, 2.75) is 44.5 Å². The lowest BCUT2D eigenvalue weighted by molar-refractivity contribution is -0.140. The maximum Gasteiger partial charge on any atom is 0.255 e. The zero-order valence-corrected chi connectivity index (χ0v) is 24.3. The molecule has 214 valence electrons. The van der Waals surface area contributed by atoms with E-state index in [9.17, 15) is 4.79 Å². The maximum atomic E-state index is 14.7. The lowest BCUT2D eigenvalue weighted by Crippen LogP contribution is -2.47. The number of aryl methyl sites for hydroxylation is 1. The molecule has 6 rings (SSSR count). The van der Waals surface area contributed by atoms with Gasteiger partial charge in [0.2, 0.25) is 5.90 Å². The number of benzene rings is 3. The predicted molar refractivity (Wildman–Crippen MR) is 164 cm³/mol. The molecule has 0 radical (unpaired) electrons. The fourth-order valence-electron chi connectivity index (χ4n) is 5.51. The van der Waals surface area contributed by atoms with Crippen molar-refractivity contribution in [2.75, 3.05) is 13.2 Å². The van der Waals surface area contributed by atoms with Crippen LogP contribution in [0.5, 0.6) is 5.75 Å². The summed E-state index contributed by atoms with van der Waals surface area (Å²) in [6, 6.07) is 25.7. The zero-order chi connectivity index (χ0) is 28.9. The van der Waals surface area contributed by atoms with Crippen LogP contribution in [0.25, 0.3) is 6.08 Å². The Bertz CT molecular complexity index is 1600. The number of hydrogen-bond acceptors (Lipinski definition) is 7. The van der Waals surface area contributed by atoms with Gasteiger partial charge in [-0.05, 0) is 42.3 Å². The smallest absolute Gasteiger partial charge is 0.255 e. The molecule has 0 saturated heterocycles. The summed E-state index contributed by atoms with van der Waals surface area (Å²) in [5, 5.41) is 12.0. The lowest BCUT2D eigenvalue weighted by Gasteiger charge is -2.31. The second-order valence-corrected chi connectivity index (χ2v) is 11.6. The minimum Gasteiger partial charge on any atom is -0.494 e. The van der Waals surface area contributed by atoms with Crippen molar-refractivity contribution in [3.63, 3.8) is 0 Å². The van der Waals surface area contributed by atoms with Crippen LogP contribution in [0.2, 0.25) is 0 Å². The summed E-state index contributed by atoms with van der Waals surface area (Å²) in [4.78, 5) is 26.4. The predicted octanol–water partition coefficient (Wildman–Crippen LogP) is 6.12. The van der Waals surface area contributed by atoms with Crippen LogP contribution < -0.4 is 4.74 Å². The number of amides is 1. The number of aliphatic hydroxyl groups excluding tert-OH is 1. The lowest BCUT2D eigenvalue weighted by atomic mass is 9.84. The fraction of sp³-hybridized carbons (Fsp3) is 0.265. The van der Waals surface area contributed by atoms with Gasteiger partial charge in [-0.1, -0.05) is 66.7 Å². The van der Waals surface area contributed by atoms with Crippen molar-refractivity contribution in [2.24, 2.45) is 4.99 Å². The molecule has 42 heavy (non-hydrogen) atoms. The first-order chi connectivity index (χ1) is 20.6. The number of ether oxygens (including phenoxy) is 2. The number of rotatable bonds is 10. The first-order valence-electron chi connectivity index (χ1n) is 14.2. The van der Waals surface area contributed by atoms with E-state index in [2.05, 4.69) is 17.1 Å². The molecule has 0 spiro atoms.